The largest absolute Gasteiger partial charge is 3.00 e. The van der Waals surface area contributed by atoms with Crippen LogP contribution in [0.15, 0.2) is 0 Å². The fourth-order valence-corrected chi connectivity index (χ4v) is 20.8. The smallest absolute Gasteiger partial charge is 0.778 e. The molecule has 0 heterocycles. The van der Waals surface area contributed by atoms with E-state index in [2.05, 4.69) is 41.5 Å². The Hall–Kier alpha value is 1.80. The second-order valence-corrected chi connectivity index (χ2v) is 44.1. The van der Waals surface area contributed by atoms with Crippen LogP contribution in [0.4, 0.5) is 0 Å². The monoisotopic (exact) mass is 1900 g/mol. The summed E-state index contributed by atoms with van der Waals surface area (Å²) in [5, 5.41) is 0. The maximum atomic E-state index is 12.1. The van der Waals surface area contributed by atoms with Crippen molar-refractivity contribution in [3.05, 3.63) is 0 Å². The van der Waals surface area contributed by atoms with Crippen LogP contribution in [0.5, 0.6) is 0 Å². The van der Waals surface area contributed by atoms with Crippen molar-refractivity contribution in [1.82, 2.24) is 0 Å². The minimum Gasteiger partial charge on any atom is -0.778 e. The standard InChI is InChI=1S/3C36H75O3P.Nd/c3*1-3-5-7-9-11-13-15-17-19-21-23-25-27-29-31-33-35-39-40(37,38)36-34-32-30-28-26-24-22-20-18-16-14-12-10-8-6-4-2;/h3*3-36H2,1-2H3,(H,37,38);/q;;;+3/p-3. The van der Waals surface area contributed by atoms with Gasteiger partial charge in [-0.25, -0.2) is 0 Å². The Morgan fingerprint density at radius 1 is 0.132 bits per heavy atom. The molecule has 121 heavy (non-hydrogen) atoms. The second kappa shape index (κ2) is 114. The zero-order valence-electron chi connectivity index (χ0n) is 83.6. The Balaban J connectivity index is -0.000000845. The van der Waals surface area contributed by atoms with E-state index in [1.165, 1.54) is 520 Å². The molecule has 727 valence electrons. The van der Waals surface area contributed by atoms with Crippen molar-refractivity contribution >= 4 is 22.8 Å². The Bertz CT molecular complexity index is 1750. The van der Waals surface area contributed by atoms with Crippen molar-refractivity contribution in [2.75, 3.05) is 38.3 Å². The van der Waals surface area contributed by atoms with Gasteiger partial charge in [-0.15, -0.1) is 0 Å². The van der Waals surface area contributed by atoms with Gasteiger partial charge in [0.15, 0.2) is 0 Å². The SMILES string of the molecule is CCCCCCCCCCCCCCCCCCOP(=O)([O-])CCCCCCCCCCCCCCCCCC.CCCCCCCCCCCCCCCCCCOP(=O)([O-])CCCCCCCCCCCCCCCCCC.CCCCCCCCCCCCCCCCCCOP(=O)([O-])CCCCCCCCCCCCCCCCCC.[Nd+3]. The van der Waals surface area contributed by atoms with Gasteiger partial charge in [-0.05, 0) is 38.5 Å². The Morgan fingerprint density at radius 2 is 0.207 bits per heavy atom. The Morgan fingerprint density at radius 3 is 0.298 bits per heavy atom. The van der Waals surface area contributed by atoms with Crippen LogP contribution in [0, 0.1) is 40.8 Å². The molecule has 0 aliphatic carbocycles. The molecule has 0 aromatic rings. The molecule has 3 unspecified atom stereocenters. The molecule has 0 fully saturated rings. The zero-order chi connectivity index (χ0) is 87.7. The van der Waals surface area contributed by atoms with Crippen molar-refractivity contribution in [3.63, 3.8) is 0 Å². The molecule has 0 amide bonds. The van der Waals surface area contributed by atoms with Gasteiger partial charge in [0.25, 0.3) is 0 Å². The van der Waals surface area contributed by atoms with Crippen molar-refractivity contribution in [2.45, 2.75) is 658 Å². The van der Waals surface area contributed by atoms with E-state index in [0.29, 0.717) is 19.8 Å². The number of hydrogen-bond donors (Lipinski definition) is 0. The van der Waals surface area contributed by atoms with E-state index in [9.17, 15) is 28.4 Å². The topological polar surface area (TPSA) is 148 Å². The molecule has 0 aromatic heterocycles. The molecule has 0 spiro atoms. The maximum Gasteiger partial charge on any atom is 3.00 e. The predicted molar refractivity (Wildman–Crippen MR) is 533 cm³/mol. The Labute approximate surface area is 795 Å². The number of rotatable bonds is 105. The molecule has 0 aromatic carbocycles. The van der Waals surface area contributed by atoms with Gasteiger partial charge in [0.05, 0.1) is 19.8 Å². The molecule has 0 bridgehead atoms. The van der Waals surface area contributed by atoms with Gasteiger partial charge >= 0.3 is 40.8 Å². The van der Waals surface area contributed by atoms with Crippen LogP contribution < -0.4 is 14.7 Å². The molecule has 0 saturated carbocycles. The third kappa shape index (κ3) is 124. The van der Waals surface area contributed by atoms with Crippen LogP contribution in [0.1, 0.15) is 658 Å². The summed E-state index contributed by atoms with van der Waals surface area (Å²) in [6.07, 6.45) is 127. The van der Waals surface area contributed by atoms with Crippen LogP contribution in [-0.4, -0.2) is 38.3 Å². The summed E-state index contributed by atoms with van der Waals surface area (Å²) >= 11 is 0. The molecule has 0 aliphatic rings. The average molecular weight is 1900 g/mol. The van der Waals surface area contributed by atoms with Gasteiger partial charge in [-0.1, -0.05) is 619 Å². The first-order chi connectivity index (χ1) is 58.9. The van der Waals surface area contributed by atoms with E-state index in [0.717, 1.165) is 96.3 Å². The zero-order valence-corrected chi connectivity index (χ0v) is 89.5. The maximum absolute atomic E-state index is 12.1. The summed E-state index contributed by atoms with van der Waals surface area (Å²) < 4.78 is 52.3. The molecule has 0 saturated heterocycles. The minimum atomic E-state index is -3.62. The molecule has 13 heteroatoms. The van der Waals surface area contributed by atoms with Crippen LogP contribution >= 0.6 is 22.8 Å². The van der Waals surface area contributed by atoms with E-state index < -0.39 is 22.8 Å². The van der Waals surface area contributed by atoms with E-state index in [4.69, 9.17) is 13.6 Å². The van der Waals surface area contributed by atoms with Gasteiger partial charge in [-0.3, -0.25) is 0 Å². The summed E-state index contributed by atoms with van der Waals surface area (Å²) in [6.45, 7) is 14.9. The normalized spacial score (nSPS) is 13.1. The van der Waals surface area contributed by atoms with Gasteiger partial charge in [0.1, 0.15) is 22.8 Å². The molecule has 0 aliphatic heterocycles. The van der Waals surface area contributed by atoms with E-state index >= 15 is 0 Å². The molecule has 0 N–H and O–H groups in total. The summed E-state index contributed by atoms with van der Waals surface area (Å²) in [5.41, 5.74) is 0. The third-order valence-electron chi connectivity index (χ3n) is 25.7. The predicted octanol–water partition coefficient (Wildman–Crippen LogP) is 39.2. The van der Waals surface area contributed by atoms with Gasteiger partial charge in [0, 0.05) is 18.5 Å². The fraction of sp³-hybridized carbons (Fsp3) is 1.00. The van der Waals surface area contributed by atoms with Crippen LogP contribution in [0.2, 0.25) is 0 Å². The third-order valence-corrected chi connectivity index (χ3v) is 30.0. The summed E-state index contributed by atoms with van der Waals surface area (Å²) in [5.74, 6) is 0. The first kappa shape index (κ1) is 129. The van der Waals surface area contributed by atoms with Crippen LogP contribution in [-0.2, 0) is 27.3 Å². The van der Waals surface area contributed by atoms with E-state index in [1.54, 1.807) is 0 Å². The molecule has 3 atom stereocenters. The summed E-state index contributed by atoms with van der Waals surface area (Å²) in [7, 11) is -10.9. The molecule has 0 rings (SSSR count). The first-order valence-electron chi connectivity index (χ1n) is 55.7. The summed E-state index contributed by atoms with van der Waals surface area (Å²) in [4.78, 5) is 36.4. The molecular weight excluding hydrogens is 1680 g/mol. The van der Waals surface area contributed by atoms with E-state index in [1.807, 2.05) is 0 Å². The second-order valence-electron chi connectivity index (χ2n) is 38.3. The number of hydrogen-bond acceptors (Lipinski definition) is 9. The molecule has 9 nitrogen and oxygen atoms in total. The van der Waals surface area contributed by atoms with Gasteiger partial charge < -0.3 is 41.9 Å². The van der Waals surface area contributed by atoms with Crippen LogP contribution in [0.25, 0.3) is 0 Å². The van der Waals surface area contributed by atoms with E-state index in [-0.39, 0.29) is 59.3 Å². The average Bonchev–Trinajstić information content (AvgIpc) is 0.951. The van der Waals surface area contributed by atoms with Gasteiger partial charge in [-0.2, -0.15) is 0 Å². The number of unbranched alkanes of at least 4 members (excludes halogenated alkanes) is 90. The van der Waals surface area contributed by atoms with Crippen molar-refractivity contribution < 1.29 is 82.8 Å². The minimum absolute atomic E-state index is 0. The van der Waals surface area contributed by atoms with Crippen molar-refractivity contribution in [1.29, 1.82) is 0 Å². The van der Waals surface area contributed by atoms with Gasteiger partial charge in [0.2, 0.25) is 0 Å². The first-order valence-corrected chi connectivity index (χ1v) is 60.9. The quantitative estimate of drug-likeness (QED) is 0.0429. The van der Waals surface area contributed by atoms with Crippen LogP contribution in [0.3, 0.4) is 0 Å². The van der Waals surface area contributed by atoms with Crippen molar-refractivity contribution in [2.24, 2.45) is 0 Å². The fourth-order valence-electron chi connectivity index (χ4n) is 17.3. The summed E-state index contributed by atoms with van der Waals surface area (Å²) in [6, 6.07) is 0. The van der Waals surface area contributed by atoms with Crippen molar-refractivity contribution in [3.8, 4) is 0 Å². The Kier molecular flexibility index (Phi) is 122. The molecule has 1 radical (unpaired) electrons. The molecular formula is C108H222NdO9P3.